The largest absolute Gasteiger partial charge is 0.497 e. The molecular weight excluding hydrogens is 318 g/mol. The highest BCUT2D eigenvalue weighted by atomic mass is 32.1. The molecule has 0 fully saturated rings. The van der Waals surface area contributed by atoms with Gasteiger partial charge in [-0.2, -0.15) is 11.3 Å². The fourth-order valence-corrected chi connectivity index (χ4v) is 3.26. The Morgan fingerprint density at radius 2 is 1.75 bits per heavy atom. The highest BCUT2D eigenvalue weighted by molar-refractivity contribution is 7.08. The molecule has 0 bridgehead atoms. The van der Waals surface area contributed by atoms with Gasteiger partial charge in [0.15, 0.2) is 0 Å². The lowest BCUT2D eigenvalue weighted by atomic mass is 9.98. The van der Waals surface area contributed by atoms with E-state index in [-0.39, 0.29) is 11.9 Å². The Morgan fingerprint density at radius 1 is 1.04 bits per heavy atom. The topological polar surface area (TPSA) is 38.3 Å². The van der Waals surface area contributed by atoms with Crippen molar-refractivity contribution in [1.82, 2.24) is 5.32 Å². The number of ether oxygens (including phenoxy) is 1. The molecule has 3 aromatic rings. The molecule has 122 valence electrons. The second-order valence-electron chi connectivity index (χ2n) is 5.49. The van der Waals surface area contributed by atoms with Gasteiger partial charge in [-0.3, -0.25) is 4.79 Å². The number of methoxy groups -OCH3 is 1. The summed E-state index contributed by atoms with van der Waals surface area (Å²) in [5.41, 5.74) is 3.13. The monoisotopic (exact) mass is 337 g/mol. The smallest absolute Gasteiger partial charge is 0.225 e. The van der Waals surface area contributed by atoms with Gasteiger partial charge >= 0.3 is 0 Å². The molecule has 0 saturated carbocycles. The fraction of sp³-hybridized carbons (Fsp3) is 0.150. The second kappa shape index (κ2) is 7.79. The maximum atomic E-state index is 12.5. The number of benzene rings is 2. The van der Waals surface area contributed by atoms with Crippen molar-refractivity contribution in [2.45, 2.75) is 12.5 Å². The van der Waals surface area contributed by atoms with Crippen LogP contribution in [-0.4, -0.2) is 13.0 Å². The molecule has 1 atom stereocenters. The summed E-state index contributed by atoms with van der Waals surface area (Å²) in [6, 6.07) is 19.6. The Hall–Kier alpha value is -2.59. The van der Waals surface area contributed by atoms with Gasteiger partial charge in [-0.15, -0.1) is 0 Å². The zero-order chi connectivity index (χ0) is 16.8. The van der Waals surface area contributed by atoms with Crippen LogP contribution >= 0.6 is 11.3 Å². The van der Waals surface area contributed by atoms with E-state index in [0.717, 1.165) is 22.4 Å². The average molecular weight is 337 g/mol. The van der Waals surface area contributed by atoms with E-state index in [4.69, 9.17) is 4.74 Å². The molecular formula is C20H19NO2S. The minimum atomic E-state index is -0.178. The molecule has 1 amide bonds. The molecule has 0 aliphatic rings. The van der Waals surface area contributed by atoms with Gasteiger partial charge in [0.25, 0.3) is 0 Å². The Balaban J connectivity index is 1.83. The molecule has 1 heterocycles. The molecule has 0 aliphatic heterocycles. The van der Waals surface area contributed by atoms with E-state index in [0.29, 0.717) is 6.42 Å². The number of hydrogen-bond acceptors (Lipinski definition) is 3. The quantitative estimate of drug-likeness (QED) is 0.732. The minimum Gasteiger partial charge on any atom is -0.497 e. The number of carbonyl (C=O) groups is 1. The van der Waals surface area contributed by atoms with Crippen molar-refractivity contribution in [3.63, 3.8) is 0 Å². The van der Waals surface area contributed by atoms with Crippen LogP contribution in [-0.2, 0) is 11.2 Å². The molecule has 1 N–H and O–H groups in total. The SMILES string of the molecule is COc1ccc(C(NC(=O)Cc2ccsc2)c2ccccc2)cc1. The van der Waals surface area contributed by atoms with Crippen LogP contribution in [0.5, 0.6) is 5.75 Å². The molecule has 0 saturated heterocycles. The van der Waals surface area contributed by atoms with Gasteiger partial charge in [0.2, 0.25) is 5.91 Å². The van der Waals surface area contributed by atoms with Crippen LogP contribution in [0.25, 0.3) is 0 Å². The Kier molecular flexibility index (Phi) is 5.29. The molecule has 2 aromatic carbocycles. The van der Waals surface area contributed by atoms with Crippen molar-refractivity contribution in [2.75, 3.05) is 7.11 Å². The van der Waals surface area contributed by atoms with E-state index in [1.807, 2.05) is 71.4 Å². The van der Waals surface area contributed by atoms with Crippen LogP contribution in [0.2, 0.25) is 0 Å². The zero-order valence-corrected chi connectivity index (χ0v) is 14.3. The Bertz CT molecular complexity index is 767. The summed E-state index contributed by atoms with van der Waals surface area (Å²) in [6.07, 6.45) is 0.392. The maximum absolute atomic E-state index is 12.5. The van der Waals surface area contributed by atoms with Crippen molar-refractivity contribution in [3.05, 3.63) is 88.1 Å². The summed E-state index contributed by atoms with van der Waals surface area (Å²) >= 11 is 1.60. The van der Waals surface area contributed by atoms with Crippen molar-refractivity contribution >= 4 is 17.2 Å². The van der Waals surface area contributed by atoms with Gasteiger partial charge in [-0.1, -0.05) is 42.5 Å². The lowest BCUT2D eigenvalue weighted by molar-refractivity contribution is -0.120. The van der Waals surface area contributed by atoms with Crippen LogP contribution in [0.15, 0.2) is 71.4 Å². The lowest BCUT2D eigenvalue weighted by Crippen LogP contribution is -2.30. The number of carbonyl (C=O) groups excluding carboxylic acids is 1. The highest BCUT2D eigenvalue weighted by Crippen LogP contribution is 2.24. The molecule has 1 aromatic heterocycles. The van der Waals surface area contributed by atoms with E-state index >= 15 is 0 Å². The van der Waals surface area contributed by atoms with Crippen molar-refractivity contribution < 1.29 is 9.53 Å². The van der Waals surface area contributed by atoms with E-state index in [9.17, 15) is 4.79 Å². The van der Waals surface area contributed by atoms with Crippen molar-refractivity contribution in [2.24, 2.45) is 0 Å². The predicted octanol–water partition coefficient (Wildman–Crippen LogP) is 4.21. The summed E-state index contributed by atoms with van der Waals surface area (Å²) in [6.45, 7) is 0. The van der Waals surface area contributed by atoms with Gasteiger partial charge in [-0.05, 0) is 45.6 Å². The molecule has 0 radical (unpaired) electrons. The third-order valence-corrected chi connectivity index (χ3v) is 4.56. The summed E-state index contributed by atoms with van der Waals surface area (Å²) in [5, 5.41) is 7.14. The van der Waals surface area contributed by atoms with Gasteiger partial charge in [0, 0.05) is 0 Å². The summed E-state index contributed by atoms with van der Waals surface area (Å²) in [5.74, 6) is 0.813. The van der Waals surface area contributed by atoms with E-state index in [1.54, 1.807) is 18.4 Å². The normalized spacial score (nSPS) is 11.7. The maximum Gasteiger partial charge on any atom is 0.225 e. The number of amides is 1. The Labute approximate surface area is 145 Å². The third kappa shape index (κ3) is 4.03. The van der Waals surface area contributed by atoms with Gasteiger partial charge in [0.1, 0.15) is 5.75 Å². The first-order valence-electron chi connectivity index (χ1n) is 7.75. The predicted molar refractivity (Wildman–Crippen MR) is 97.4 cm³/mol. The standard InChI is InChI=1S/C20H19NO2S/c1-23-18-9-7-17(8-10-18)20(16-5-3-2-4-6-16)21-19(22)13-15-11-12-24-14-15/h2-12,14,20H,13H2,1H3,(H,21,22). The number of thiophene rings is 1. The highest BCUT2D eigenvalue weighted by Gasteiger charge is 2.17. The van der Waals surface area contributed by atoms with E-state index in [2.05, 4.69) is 5.32 Å². The van der Waals surface area contributed by atoms with Gasteiger partial charge in [0.05, 0.1) is 19.6 Å². The van der Waals surface area contributed by atoms with Crippen LogP contribution in [0.1, 0.15) is 22.7 Å². The first kappa shape index (κ1) is 16.3. The summed E-state index contributed by atoms with van der Waals surface area (Å²) < 4.78 is 5.22. The minimum absolute atomic E-state index is 0.0121. The fourth-order valence-electron chi connectivity index (χ4n) is 2.59. The number of nitrogens with one attached hydrogen (secondary N) is 1. The molecule has 0 spiro atoms. The van der Waals surface area contributed by atoms with Gasteiger partial charge < -0.3 is 10.1 Å². The average Bonchev–Trinajstić information content (AvgIpc) is 3.13. The van der Waals surface area contributed by atoms with Crippen molar-refractivity contribution in [3.8, 4) is 5.75 Å². The van der Waals surface area contributed by atoms with Crippen LogP contribution in [0.3, 0.4) is 0 Å². The van der Waals surface area contributed by atoms with Crippen LogP contribution in [0, 0.1) is 0 Å². The zero-order valence-electron chi connectivity index (χ0n) is 13.4. The second-order valence-corrected chi connectivity index (χ2v) is 6.27. The van der Waals surface area contributed by atoms with Crippen LogP contribution < -0.4 is 10.1 Å². The molecule has 0 aliphatic carbocycles. The summed E-state index contributed by atoms with van der Waals surface area (Å²) in [4.78, 5) is 12.5. The third-order valence-electron chi connectivity index (χ3n) is 3.83. The van der Waals surface area contributed by atoms with Gasteiger partial charge in [-0.25, -0.2) is 0 Å². The van der Waals surface area contributed by atoms with E-state index in [1.165, 1.54) is 0 Å². The molecule has 3 nitrogen and oxygen atoms in total. The van der Waals surface area contributed by atoms with E-state index < -0.39 is 0 Å². The first-order valence-corrected chi connectivity index (χ1v) is 8.70. The van der Waals surface area contributed by atoms with Crippen molar-refractivity contribution in [1.29, 1.82) is 0 Å². The van der Waals surface area contributed by atoms with Crippen LogP contribution in [0.4, 0.5) is 0 Å². The lowest BCUT2D eigenvalue weighted by Gasteiger charge is -2.20. The molecule has 3 rings (SSSR count). The summed E-state index contributed by atoms with van der Waals surface area (Å²) in [7, 11) is 1.65. The molecule has 24 heavy (non-hydrogen) atoms. The number of hydrogen-bond donors (Lipinski definition) is 1. The number of rotatable bonds is 6. The molecule has 1 unspecified atom stereocenters. The molecule has 4 heteroatoms. The Morgan fingerprint density at radius 3 is 2.38 bits per heavy atom. The first-order chi connectivity index (χ1) is 11.8.